The van der Waals surface area contributed by atoms with Gasteiger partial charge in [-0.15, -0.1) is 6.58 Å². The highest BCUT2D eigenvalue weighted by Crippen LogP contribution is 2.40. The molecule has 6 nitrogen and oxygen atoms in total. The Kier molecular flexibility index (Phi) is 4.35. The summed E-state index contributed by atoms with van der Waals surface area (Å²) in [5, 5.41) is 21.5. The first-order valence-electron chi connectivity index (χ1n) is 7.58. The molecule has 3 rings (SSSR count). The molecule has 1 unspecified atom stereocenters. The molecule has 1 aliphatic heterocycles. The number of benzene rings is 2. The number of esters is 1. The molecule has 126 valence electrons. The number of allylic oxidation sites excluding steroid dienone is 1. The van der Waals surface area contributed by atoms with E-state index in [-0.39, 0.29) is 17.0 Å². The van der Waals surface area contributed by atoms with E-state index in [1.807, 2.05) is 6.07 Å². The third-order valence-corrected chi connectivity index (χ3v) is 4.06. The molecular formula is C19H15NO5. The predicted octanol–water partition coefficient (Wildman–Crippen LogP) is 3.97. The molecular weight excluding hydrogens is 322 g/mol. The van der Waals surface area contributed by atoms with Crippen molar-refractivity contribution in [1.82, 2.24) is 0 Å². The number of rotatable bonds is 5. The van der Waals surface area contributed by atoms with Crippen LogP contribution in [-0.2, 0) is 9.53 Å². The van der Waals surface area contributed by atoms with Gasteiger partial charge in [0.05, 0.1) is 10.5 Å². The molecule has 1 N–H and O–H groups in total. The Bertz CT molecular complexity index is 872. The van der Waals surface area contributed by atoms with E-state index in [4.69, 9.17) is 4.74 Å². The van der Waals surface area contributed by atoms with Gasteiger partial charge >= 0.3 is 5.97 Å². The van der Waals surface area contributed by atoms with Crippen molar-refractivity contribution in [2.24, 2.45) is 0 Å². The summed E-state index contributed by atoms with van der Waals surface area (Å²) in [6.45, 7) is 3.70. The molecule has 0 fully saturated rings. The predicted molar refractivity (Wildman–Crippen MR) is 91.0 cm³/mol. The maximum atomic E-state index is 12.3. The van der Waals surface area contributed by atoms with Crippen molar-refractivity contribution in [3.63, 3.8) is 0 Å². The van der Waals surface area contributed by atoms with Crippen molar-refractivity contribution in [3.05, 3.63) is 99.8 Å². The average Bonchev–Trinajstić information content (AvgIpc) is 2.92. The number of cyclic esters (lactones) is 1. The van der Waals surface area contributed by atoms with Crippen LogP contribution in [0.3, 0.4) is 0 Å². The number of nitro groups is 1. The summed E-state index contributed by atoms with van der Waals surface area (Å²) in [6.07, 6.45) is 0.573. The summed E-state index contributed by atoms with van der Waals surface area (Å²) in [6, 6.07) is 14.7. The number of ether oxygens (including phenoxy) is 1. The first kappa shape index (κ1) is 16.4. The summed E-state index contributed by atoms with van der Waals surface area (Å²) in [7, 11) is 0. The van der Waals surface area contributed by atoms with E-state index < -0.39 is 22.9 Å². The zero-order chi connectivity index (χ0) is 18.0. The molecule has 2 aromatic carbocycles. The minimum Gasteiger partial charge on any atom is -0.507 e. The highest BCUT2D eigenvalue weighted by Gasteiger charge is 2.39. The van der Waals surface area contributed by atoms with E-state index in [1.54, 1.807) is 30.3 Å². The van der Waals surface area contributed by atoms with Gasteiger partial charge in [-0.3, -0.25) is 10.1 Å². The second-order valence-electron chi connectivity index (χ2n) is 5.56. The monoisotopic (exact) mass is 337 g/mol. The summed E-state index contributed by atoms with van der Waals surface area (Å²) >= 11 is 0. The normalized spacial score (nSPS) is 17.9. The summed E-state index contributed by atoms with van der Waals surface area (Å²) in [4.78, 5) is 22.8. The molecule has 0 saturated carbocycles. The van der Waals surface area contributed by atoms with Crippen LogP contribution in [0.2, 0.25) is 0 Å². The molecule has 25 heavy (non-hydrogen) atoms. The maximum absolute atomic E-state index is 12.3. The number of hydrogen-bond acceptors (Lipinski definition) is 5. The van der Waals surface area contributed by atoms with Crippen LogP contribution in [0.5, 0.6) is 0 Å². The van der Waals surface area contributed by atoms with E-state index in [9.17, 15) is 20.0 Å². The van der Waals surface area contributed by atoms with Crippen LogP contribution in [0.4, 0.5) is 5.69 Å². The van der Waals surface area contributed by atoms with E-state index in [2.05, 4.69) is 6.58 Å². The number of aliphatic hydroxyl groups is 1. The second-order valence-corrected chi connectivity index (χ2v) is 5.56. The molecule has 0 aromatic heterocycles. The van der Waals surface area contributed by atoms with Gasteiger partial charge in [-0.05, 0) is 5.56 Å². The van der Waals surface area contributed by atoms with Crippen LogP contribution in [0.15, 0.2) is 78.6 Å². The van der Waals surface area contributed by atoms with Gasteiger partial charge in [0.1, 0.15) is 5.76 Å². The Balaban J connectivity index is 2.04. The quantitative estimate of drug-likeness (QED) is 0.386. The van der Waals surface area contributed by atoms with Crippen molar-refractivity contribution >= 4 is 11.7 Å². The molecule has 0 radical (unpaired) electrons. The molecule has 0 amide bonds. The molecule has 2 aromatic rings. The van der Waals surface area contributed by atoms with Crippen LogP contribution in [0, 0.1) is 10.1 Å². The molecule has 1 aliphatic rings. The zero-order valence-corrected chi connectivity index (χ0v) is 13.2. The number of carbonyl (C=O) groups is 1. The van der Waals surface area contributed by atoms with Crippen molar-refractivity contribution < 1.29 is 19.6 Å². The maximum Gasteiger partial charge on any atom is 0.339 e. The lowest BCUT2D eigenvalue weighted by atomic mass is 9.89. The minimum absolute atomic E-state index is 0.0457. The molecule has 1 heterocycles. The van der Waals surface area contributed by atoms with E-state index >= 15 is 0 Å². The third kappa shape index (κ3) is 3.01. The van der Waals surface area contributed by atoms with Crippen LogP contribution in [0.25, 0.3) is 0 Å². The van der Waals surface area contributed by atoms with E-state index in [0.717, 1.165) is 0 Å². The van der Waals surface area contributed by atoms with Gasteiger partial charge in [0.25, 0.3) is 5.69 Å². The Morgan fingerprint density at radius 2 is 1.92 bits per heavy atom. The van der Waals surface area contributed by atoms with Crippen molar-refractivity contribution in [1.29, 1.82) is 0 Å². The highest BCUT2D eigenvalue weighted by atomic mass is 16.6. The average molecular weight is 337 g/mol. The number of nitro benzene ring substituents is 1. The van der Waals surface area contributed by atoms with Gasteiger partial charge in [-0.25, -0.2) is 4.79 Å². The fourth-order valence-corrected chi connectivity index (χ4v) is 2.86. The molecule has 0 bridgehead atoms. The van der Waals surface area contributed by atoms with Gasteiger partial charge < -0.3 is 9.84 Å². The first-order valence-corrected chi connectivity index (χ1v) is 7.58. The molecule has 2 atom stereocenters. The van der Waals surface area contributed by atoms with Crippen molar-refractivity contribution in [2.45, 2.75) is 12.0 Å². The fourth-order valence-electron chi connectivity index (χ4n) is 2.86. The lowest BCUT2D eigenvalue weighted by Gasteiger charge is -2.12. The SMILES string of the molecule is C=CC(C1=C(O)[C@H](c2ccccc2)OC1=O)c1cccc([N+](=O)[O-])c1. The zero-order valence-electron chi connectivity index (χ0n) is 13.2. The number of carbonyl (C=O) groups excluding carboxylic acids is 1. The molecule has 0 saturated heterocycles. The number of nitrogens with zero attached hydrogens (tertiary/aromatic N) is 1. The smallest absolute Gasteiger partial charge is 0.339 e. The Labute approximate surface area is 143 Å². The van der Waals surface area contributed by atoms with E-state index in [0.29, 0.717) is 11.1 Å². The standard InChI is InChI=1S/C19H15NO5/c1-2-15(13-9-6-10-14(11-13)20(23)24)16-17(21)18(25-19(16)22)12-7-4-3-5-8-12/h2-11,15,18,21H,1H2/t15?,18-/m0/s1. The summed E-state index contributed by atoms with van der Waals surface area (Å²) < 4.78 is 5.31. The summed E-state index contributed by atoms with van der Waals surface area (Å²) in [5.74, 6) is -1.57. The van der Waals surface area contributed by atoms with Gasteiger partial charge in [0, 0.05) is 23.6 Å². The Morgan fingerprint density at radius 3 is 2.56 bits per heavy atom. The molecule has 0 spiro atoms. The Hall–Kier alpha value is -3.41. The van der Waals surface area contributed by atoms with Gasteiger partial charge in [0.2, 0.25) is 0 Å². The van der Waals surface area contributed by atoms with Crippen LogP contribution >= 0.6 is 0 Å². The highest BCUT2D eigenvalue weighted by molar-refractivity contribution is 5.94. The lowest BCUT2D eigenvalue weighted by molar-refractivity contribution is -0.384. The fraction of sp³-hybridized carbons (Fsp3) is 0.105. The third-order valence-electron chi connectivity index (χ3n) is 4.06. The van der Waals surface area contributed by atoms with Gasteiger partial charge in [-0.2, -0.15) is 0 Å². The largest absolute Gasteiger partial charge is 0.507 e. The number of aliphatic hydroxyl groups excluding tert-OH is 1. The minimum atomic E-state index is -0.884. The number of hydrogen-bond donors (Lipinski definition) is 1. The first-order chi connectivity index (χ1) is 12.0. The molecule has 6 heteroatoms. The lowest BCUT2D eigenvalue weighted by Crippen LogP contribution is -2.08. The van der Waals surface area contributed by atoms with Crippen LogP contribution in [-0.4, -0.2) is 16.0 Å². The van der Waals surface area contributed by atoms with Crippen LogP contribution in [0.1, 0.15) is 23.1 Å². The second kappa shape index (κ2) is 6.60. The van der Waals surface area contributed by atoms with Crippen molar-refractivity contribution in [2.75, 3.05) is 0 Å². The van der Waals surface area contributed by atoms with E-state index in [1.165, 1.54) is 24.3 Å². The van der Waals surface area contributed by atoms with Gasteiger partial charge in [-0.1, -0.05) is 48.5 Å². The Morgan fingerprint density at radius 1 is 1.20 bits per heavy atom. The van der Waals surface area contributed by atoms with Gasteiger partial charge in [0.15, 0.2) is 6.10 Å². The summed E-state index contributed by atoms with van der Waals surface area (Å²) in [5.41, 5.74) is 1.07. The number of non-ortho nitro benzene ring substituents is 1. The van der Waals surface area contributed by atoms with Crippen molar-refractivity contribution in [3.8, 4) is 0 Å². The molecule has 0 aliphatic carbocycles. The topological polar surface area (TPSA) is 89.7 Å². The van der Waals surface area contributed by atoms with Crippen LogP contribution < -0.4 is 0 Å².